The van der Waals surface area contributed by atoms with Gasteiger partial charge in [-0.15, -0.1) is 0 Å². The molecule has 1 atom stereocenters. The van der Waals surface area contributed by atoms with Crippen LogP contribution in [0.3, 0.4) is 0 Å². The van der Waals surface area contributed by atoms with Crippen LogP contribution in [0, 0.1) is 0 Å². The molecule has 0 aliphatic heterocycles. The number of hydrogen-bond acceptors (Lipinski definition) is 4. The van der Waals surface area contributed by atoms with Crippen molar-refractivity contribution in [3.63, 3.8) is 0 Å². The Labute approximate surface area is 100 Å². The fraction of sp³-hybridized carbons (Fsp3) is 0.231. The number of furan rings is 1. The van der Waals surface area contributed by atoms with Gasteiger partial charge in [0.25, 0.3) is 0 Å². The van der Waals surface area contributed by atoms with E-state index in [9.17, 15) is 5.11 Å². The van der Waals surface area contributed by atoms with Crippen LogP contribution in [0.15, 0.2) is 47.1 Å². The molecule has 0 fully saturated rings. The smallest absolute Gasteiger partial charge is 0.117 e. The quantitative estimate of drug-likeness (QED) is 0.686. The highest BCUT2D eigenvalue weighted by molar-refractivity contribution is 5.41. The number of anilines is 1. The van der Waals surface area contributed by atoms with Crippen LogP contribution in [0.1, 0.15) is 17.4 Å². The first-order valence-corrected chi connectivity index (χ1v) is 5.52. The molecule has 17 heavy (non-hydrogen) atoms. The molecule has 1 unspecified atom stereocenters. The van der Waals surface area contributed by atoms with Crippen molar-refractivity contribution >= 4 is 5.69 Å². The second kappa shape index (κ2) is 5.52. The monoisotopic (exact) mass is 232 g/mol. The van der Waals surface area contributed by atoms with Gasteiger partial charge >= 0.3 is 0 Å². The molecule has 1 aromatic carbocycles. The zero-order chi connectivity index (χ0) is 12.1. The van der Waals surface area contributed by atoms with Gasteiger partial charge in [0.05, 0.1) is 18.9 Å². The summed E-state index contributed by atoms with van der Waals surface area (Å²) in [6, 6.07) is 11.0. The summed E-state index contributed by atoms with van der Waals surface area (Å²) < 4.78 is 5.18. The molecule has 2 aromatic rings. The highest BCUT2D eigenvalue weighted by Crippen LogP contribution is 2.15. The SMILES string of the molecule is Nc1cccc(C(O)CNCc2ccco2)c1. The Morgan fingerprint density at radius 1 is 1.29 bits per heavy atom. The molecule has 4 N–H and O–H groups in total. The van der Waals surface area contributed by atoms with Gasteiger partial charge in [0.1, 0.15) is 5.76 Å². The second-order valence-corrected chi connectivity index (χ2v) is 3.90. The molecule has 0 bridgehead atoms. The molecule has 1 aromatic heterocycles. The first-order chi connectivity index (χ1) is 8.25. The maximum atomic E-state index is 9.92. The summed E-state index contributed by atoms with van der Waals surface area (Å²) >= 11 is 0. The number of nitrogens with one attached hydrogen (secondary N) is 1. The van der Waals surface area contributed by atoms with Gasteiger partial charge in [-0.1, -0.05) is 12.1 Å². The second-order valence-electron chi connectivity index (χ2n) is 3.90. The number of aliphatic hydroxyl groups is 1. The van der Waals surface area contributed by atoms with Crippen LogP contribution < -0.4 is 11.1 Å². The molecule has 0 spiro atoms. The summed E-state index contributed by atoms with van der Waals surface area (Å²) in [5.41, 5.74) is 7.13. The number of nitrogen functional groups attached to an aromatic ring is 1. The molecule has 90 valence electrons. The number of hydrogen-bond donors (Lipinski definition) is 3. The van der Waals surface area contributed by atoms with E-state index in [0.29, 0.717) is 18.8 Å². The van der Waals surface area contributed by atoms with Gasteiger partial charge < -0.3 is 20.6 Å². The minimum atomic E-state index is -0.562. The fourth-order valence-corrected chi connectivity index (χ4v) is 1.63. The molecule has 0 radical (unpaired) electrons. The van der Waals surface area contributed by atoms with Crippen LogP contribution >= 0.6 is 0 Å². The van der Waals surface area contributed by atoms with Crippen LogP contribution in [-0.2, 0) is 6.54 Å². The normalized spacial score (nSPS) is 12.5. The van der Waals surface area contributed by atoms with Gasteiger partial charge in [0, 0.05) is 12.2 Å². The lowest BCUT2D eigenvalue weighted by atomic mass is 10.1. The van der Waals surface area contributed by atoms with Crippen molar-refractivity contribution in [2.45, 2.75) is 12.6 Å². The lowest BCUT2D eigenvalue weighted by Gasteiger charge is -2.12. The van der Waals surface area contributed by atoms with Crippen LogP contribution in [0.4, 0.5) is 5.69 Å². The minimum absolute atomic E-state index is 0.462. The highest BCUT2D eigenvalue weighted by atomic mass is 16.3. The summed E-state index contributed by atoms with van der Waals surface area (Å²) in [6.07, 6.45) is 1.07. The van der Waals surface area contributed by atoms with E-state index in [-0.39, 0.29) is 0 Å². The maximum absolute atomic E-state index is 9.92. The molecule has 4 nitrogen and oxygen atoms in total. The maximum Gasteiger partial charge on any atom is 0.117 e. The third-order valence-corrected chi connectivity index (χ3v) is 2.51. The van der Waals surface area contributed by atoms with Crippen molar-refractivity contribution in [3.8, 4) is 0 Å². The fourth-order valence-electron chi connectivity index (χ4n) is 1.63. The summed E-state index contributed by atoms with van der Waals surface area (Å²) in [4.78, 5) is 0. The van der Waals surface area contributed by atoms with Gasteiger partial charge in [-0.2, -0.15) is 0 Å². The van der Waals surface area contributed by atoms with E-state index in [4.69, 9.17) is 10.2 Å². The Morgan fingerprint density at radius 3 is 2.88 bits per heavy atom. The Hall–Kier alpha value is -1.78. The molecule has 0 saturated carbocycles. The third kappa shape index (κ3) is 3.34. The Morgan fingerprint density at radius 2 is 2.18 bits per heavy atom. The number of benzene rings is 1. The number of nitrogens with two attached hydrogens (primary N) is 1. The average Bonchev–Trinajstić information content (AvgIpc) is 2.82. The van der Waals surface area contributed by atoms with Gasteiger partial charge in [-0.3, -0.25) is 0 Å². The van der Waals surface area contributed by atoms with E-state index in [1.807, 2.05) is 24.3 Å². The molecule has 0 saturated heterocycles. The standard InChI is InChI=1S/C13H16N2O2/c14-11-4-1-3-10(7-11)13(16)9-15-8-12-5-2-6-17-12/h1-7,13,15-16H,8-9,14H2. The summed E-state index contributed by atoms with van der Waals surface area (Å²) in [5.74, 6) is 0.852. The highest BCUT2D eigenvalue weighted by Gasteiger charge is 2.07. The first-order valence-electron chi connectivity index (χ1n) is 5.52. The summed E-state index contributed by atoms with van der Waals surface area (Å²) in [5, 5.41) is 13.0. The molecule has 0 aliphatic rings. The van der Waals surface area contributed by atoms with Gasteiger partial charge in [-0.05, 0) is 29.8 Å². The molecule has 2 rings (SSSR count). The lowest BCUT2D eigenvalue weighted by molar-refractivity contribution is 0.173. The Kier molecular flexibility index (Phi) is 3.80. The van der Waals surface area contributed by atoms with Gasteiger partial charge in [-0.25, -0.2) is 0 Å². The van der Waals surface area contributed by atoms with Crippen molar-refractivity contribution in [1.82, 2.24) is 5.32 Å². The average molecular weight is 232 g/mol. The van der Waals surface area contributed by atoms with E-state index in [0.717, 1.165) is 11.3 Å². The van der Waals surface area contributed by atoms with Crippen LogP contribution in [-0.4, -0.2) is 11.7 Å². The Balaban J connectivity index is 1.83. The molecular weight excluding hydrogens is 216 g/mol. The molecule has 1 heterocycles. The van der Waals surface area contributed by atoms with Crippen LogP contribution in [0.25, 0.3) is 0 Å². The topological polar surface area (TPSA) is 71.4 Å². The van der Waals surface area contributed by atoms with Crippen LogP contribution in [0.2, 0.25) is 0 Å². The predicted molar refractivity (Wildman–Crippen MR) is 66.2 cm³/mol. The first kappa shape index (κ1) is 11.7. The molecule has 0 amide bonds. The number of aliphatic hydroxyl groups excluding tert-OH is 1. The van der Waals surface area contributed by atoms with Crippen molar-refractivity contribution in [2.24, 2.45) is 0 Å². The molecular formula is C13H16N2O2. The molecule has 0 aliphatic carbocycles. The predicted octanol–water partition coefficient (Wildman–Crippen LogP) is 1.68. The van der Waals surface area contributed by atoms with E-state index < -0.39 is 6.10 Å². The minimum Gasteiger partial charge on any atom is -0.468 e. The van der Waals surface area contributed by atoms with E-state index >= 15 is 0 Å². The molecule has 4 heteroatoms. The van der Waals surface area contributed by atoms with Crippen molar-refractivity contribution in [2.75, 3.05) is 12.3 Å². The summed E-state index contributed by atoms with van der Waals surface area (Å²) in [7, 11) is 0. The van der Waals surface area contributed by atoms with Gasteiger partial charge in [0.15, 0.2) is 0 Å². The van der Waals surface area contributed by atoms with E-state index in [1.165, 1.54) is 0 Å². The van der Waals surface area contributed by atoms with Crippen molar-refractivity contribution < 1.29 is 9.52 Å². The zero-order valence-electron chi connectivity index (χ0n) is 9.47. The van der Waals surface area contributed by atoms with E-state index in [2.05, 4.69) is 5.32 Å². The lowest BCUT2D eigenvalue weighted by Crippen LogP contribution is -2.20. The van der Waals surface area contributed by atoms with Crippen molar-refractivity contribution in [3.05, 3.63) is 54.0 Å². The van der Waals surface area contributed by atoms with Gasteiger partial charge in [0.2, 0.25) is 0 Å². The third-order valence-electron chi connectivity index (χ3n) is 2.51. The van der Waals surface area contributed by atoms with Crippen molar-refractivity contribution in [1.29, 1.82) is 0 Å². The Bertz CT molecular complexity index is 454. The number of rotatable bonds is 5. The van der Waals surface area contributed by atoms with E-state index in [1.54, 1.807) is 18.4 Å². The largest absolute Gasteiger partial charge is 0.468 e. The zero-order valence-corrected chi connectivity index (χ0v) is 9.47. The van der Waals surface area contributed by atoms with Crippen LogP contribution in [0.5, 0.6) is 0 Å². The summed E-state index contributed by atoms with van der Waals surface area (Å²) in [6.45, 7) is 1.07.